The Kier molecular flexibility index (Phi) is 4.66. The van der Waals surface area contributed by atoms with Gasteiger partial charge in [-0.3, -0.25) is 19.1 Å². The van der Waals surface area contributed by atoms with Crippen LogP contribution in [0.5, 0.6) is 11.5 Å². The van der Waals surface area contributed by atoms with Gasteiger partial charge in [0.05, 0.1) is 5.92 Å². The topological polar surface area (TPSA) is 127 Å². The van der Waals surface area contributed by atoms with E-state index in [0.29, 0.717) is 47.5 Å². The van der Waals surface area contributed by atoms with Gasteiger partial charge in [0.25, 0.3) is 0 Å². The minimum absolute atomic E-state index is 0.123. The Hall–Kier alpha value is -4.08. The van der Waals surface area contributed by atoms with Crippen molar-refractivity contribution in [2.24, 2.45) is 5.92 Å². The van der Waals surface area contributed by atoms with Crippen molar-refractivity contribution in [2.45, 2.75) is 6.42 Å². The maximum Gasteiger partial charge on any atom is 0.439 e. The largest absolute Gasteiger partial charge is 0.486 e. The van der Waals surface area contributed by atoms with Crippen LogP contribution in [0.3, 0.4) is 0 Å². The SMILES string of the molecule is O=C(Nc1ccc(-c2noc(=O)[nH]2)cc1)[C@H]1CC(=O)N(c2ccc3c(c2)OCCO3)C1. The van der Waals surface area contributed by atoms with Gasteiger partial charge in [0.15, 0.2) is 17.3 Å². The van der Waals surface area contributed by atoms with Gasteiger partial charge in [0.1, 0.15) is 13.2 Å². The van der Waals surface area contributed by atoms with E-state index in [1.165, 1.54) is 0 Å². The third-order valence-corrected chi connectivity index (χ3v) is 5.20. The van der Waals surface area contributed by atoms with Gasteiger partial charge < -0.3 is 19.7 Å². The summed E-state index contributed by atoms with van der Waals surface area (Å²) in [5, 5.41) is 6.45. The average Bonchev–Trinajstić information content (AvgIpc) is 3.40. The molecule has 5 rings (SSSR count). The Morgan fingerprint density at radius 1 is 1.06 bits per heavy atom. The van der Waals surface area contributed by atoms with Gasteiger partial charge in [-0.15, -0.1) is 0 Å². The van der Waals surface area contributed by atoms with E-state index in [2.05, 4.69) is 20.0 Å². The first-order valence-corrected chi connectivity index (χ1v) is 9.74. The van der Waals surface area contributed by atoms with Gasteiger partial charge >= 0.3 is 5.76 Å². The zero-order valence-electron chi connectivity index (χ0n) is 16.3. The van der Waals surface area contributed by atoms with Gasteiger partial charge in [-0.05, 0) is 36.4 Å². The molecule has 3 heterocycles. The molecule has 0 bridgehead atoms. The lowest BCUT2D eigenvalue weighted by Gasteiger charge is -2.22. The van der Waals surface area contributed by atoms with Crippen LogP contribution in [0.25, 0.3) is 11.4 Å². The van der Waals surface area contributed by atoms with Crippen LogP contribution < -0.4 is 25.4 Å². The number of amides is 2. The van der Waals surface area contributed by atoms with E-state index < -0.39 is 11.7 Å². The van der Waals surface area contributed by atoms with E-state index in [-0.39, 0.29) is 24.8 Å². The van der Waals surface area contributed by atoms with E-state index in [0.717, 1.165) is 0 Å². The Bertz CT molecular complexity index is 1200. The number of aromatic amines is 1. The number of H-pyrrole nitrogens is 1. The summed E-state index contributed by atoms with van der Waals surface area (Å²) in [7, 11) is 0. The molecular formula is C21H18N4O6. The molecule has 2 aliphatic heterocycles. The maximum atomic E-state index is 12.7. The normalized spacial score (nSPS) is 17.6. The lowest BCUT2D eigenvalue weighted by Crippen LogP contribution is -2.28. The van der Waals surface area contributed by atoms with E-state index in [1.54, 1.807) is 47.4 Å². The number of fused-ring (bicyclic) bond motifs is 1. The lowest BCUT2D eigenvalue weighted by molar-refractivity contribution is -0.122. The van der Waals surface area contributed by atoms with Crippen LogP contribution in [0.1, 0.15) is 6.42 Å². The average molecular weight is 422 g/mol. The molecule has 3 aromatic rings. The molecule has 10 nitrogen and oxygen atoms in total. The van der Waals surface area contributed by atoms with Gasteiger partial charge in [-0.25, -0.2) is 4.79 Å². The summed E-state index contributed by atoms with van der Waals surface area (Å²) in [5.74, 6) is 0.0673. The third kappa shape index (κ3) is 3.75. The van der Waals surface area contributed by atoms with Gasteiger partial charge in [-0.1, -0.05) is 5.16 Å². The molecular weight excluding hydrogens is 404 g/mol. The number of rotatable bonds is 4. The molecule has 10 heteroatoms. The molecule has 0 unspecified atom stereocenters. The number of anilines is 2. The van der Waals surface area contributed by atoms with Gasteiger partial charge in [-0.2, -0.15) is 0 Å². The van der Waals surface area contributed by atoms with Crippen molar-refractivity contribution in [1.29, 1.82) is 0 Å². The maximum absolute atomic E-state index is 12.7. The number of hydrogen-bond acceptors (Lipinski definition) is 7. The van der Waals surface area contributed by atoms with Gasteiger partial charge in [0, 0.05) is 36.0 Å². The lowest BCUT2D eigenvalue weighted by atomic mass is 10.1. The van der Waals surface area contributed by atoms with Crippen LogP contribution in [0.15, 0.2) is 51.8 Å². The van der Waals surface area contributed by atoms with E-state index in [1.807, 2.05) is 0 Å². The van der Waals surface area contributed by atoms with Crippen molar-refractivity contribution in [3.05, 3.63) is 53.0 Å². The molecule has 2 aliphatic rings. The number of ether oxygens (including phenoxy) is 2. The summed E-state index contributed by atoms with van der Waals surface area (Å²) < 4.78 is 15.6. The highest BCUT2D eigenvalue weighted by Crippen LogP contribution is 2.36. The van der Waals surface area contributed by atoms with Crippen LogP contribution in [0.4, 0.5) is 11.4 Å². The van der Waals surface area contributed by atoms with Crippen molar-refractivity contribution in [2.75, 3.05) is 30.0 Å². The number of nitrogens with one attached hydrogen (secondary N) is 2. The van der Waals surface area contributed by atoms with Crippen molar-refractivity contribution in [1.82, 2.24) is 10.1 Å². The predicted molar refractivity (Wildman–Crippen MR) is 109 cm³/mol. The molecule has 2 N–H and O–H groups in total. The highest BCUT2D eigenvalue weighted by molar-refractivity contribution is 6.03. The molecule has 1 saturated heterocycles. The number of nitrogens with zero attached hydrogens (tertiary/aromatic N) is 2. The molecule has 158 valence electrons. The summed E-state index contributed by atoms with van der Waals surface area (Å²) in [6, 6.07) is 12.1. The first-order valence-electron chi connectivity index (χ1n) is 9.74. The van der Waals surface area contributed by atoms with Gasteiger partial charge in [0.2, 0.25) is 11.8 Å². The number of carbonyl (C=O) groups is 2. The molecule has 0 radical (unpaired) electrons. The zero-order valence-corrected chi connectivity index (χ0v) is 16.3. The molecule has 1 aromatic heterocycles. The zero-order chi connectivity index (χ0) is 21.4. The molecule has 0 saturated carbocycles. The second-order valence-electron chi connectivity index (χ2n) is 7.24. The van der Waals surface area contributed by atoms with Crippen molar-refractivity contribution in [3.8, 4) is 22.9 Å². The summed E-state index contributed by atoms with van der Waals surface area (Å²) in [4.78, 5) is 40.4. The summed E-state index contributed by atoms with van der Waals surface area (Å²) in [6.45, 7) is 1.23. The van der Waals surface area contributed by atoms with E-state index in [9.17, 15) is 14.4 Å². The van der Waals surface area contributed by atoms with Crippen LogP contribution in [-0.2, 0) is 9.59 Å². The monoisotopic (exact) mass is 422 g/mol. The van der Waals surface area contributed by atoms with Crippen molar-refractivity contribution >= 4 is 23.2 Å². The summed E-state index contributed by atoms with van der Waals surface area (Å²) >= 11 is 0. The Labute approximate surface area is 175 Å². The van der Waals surface area contributed by atoms with Crippen LogP contribution >= 0.6 is 0 Å². The number of carbonyl (C=O) groups excluding carboxylic acids is 2. The quantitative estimate of drug-likeness (QED) is 0.656. The number of aromatic nitrogens is 2. The Morgan fingerprint density at radius 2 is 1.84 bits per heavy atom. The predicted octanol–water partition coefficient (Wildman–Crippen LogP) is 1.79. The fourth-order valence-corrected chi connectivity index (χ4v) is 3.64. The fourth-order valence-electron chi connectivity index (χ4n) is 3.64. The highest BCUT2D eigenvalue weighted by atomic mass is 16.6. The number of benzene rings is 2. The second kappa shape index (κ2) is 7.63. The number of hydrogen-bond donors (Lipinski definition) is 2. The van der Waals surface area contributed by atoms with E-state index >= 15 is 0 Å². The van der Waals surface area contributed by atoms with E-state index in [4.69, 9.17) is 9.47 Å². The molecule has 2 aromatic carbocycles. The summed E-state index contributed by atoms with van der Waals surface area (Å²) in [5.41, 5.74) is 1.89. The first-order chi connectivity index (χ1) is 15.1. The smallest absolute Gasteiger partial charge is 0.439 e. The molecule has 2 amide bonds. The fraction of sp³-hybridized carbons (Fsp3) is 0.238. The molecule has 31 heavy (non-hydrogen) atoms. The highest BCUT2D eigenvalue weighted by Gasteiger charge is 2.35. The van der Waals surface area contributed by atoms with Crippen LogP contribution in [0.2, 0.25) is 0 Å². The van der Waals surface area contributed by atoms with Crippen LogP contribution in [0, 0.1) is 5.92 Å². The standard InChI is InChI=1S/C21H18N4O6/c26-18-9-13(11-25(18)15-5-6-16-17(10-15)30-8-7-29-16)20(27)22-14-3-1-12(2-4-14)19-23-21(28)31-24-19/h1-6,10,13H,7-9,11H2,(H,22,27)(H,23,24,28)/t13-/m0/s1. The van der Waals surface area contributed by atoms with Crippen molar-refractivity contribution < 1.29 is 23.6 Å². The molecule has 1 atom stereocenters. The third-order valence-electron chi connectivity index (χ3n) is 5.20. The van der Waals surface area contributed by atoms with Crippen molar-refractivity contribution in [3.63, 3.8) is 0 Å². The second-order valence-corrected chi connectivity index (χ2v) is 7.24. The molecule has 0 aliphatic carbocycles. The minimum Gasteiger partial charge on any atom is -0.486 e. The summed E-state index contributed by atoms with van der Waals surface area (Å²) in [6.07, 6.45) is 0.124. The minimum atomic E-state index is -0.638. The molecule has 0 spiro atoms. The molecule has 1 fully saturated rings. The Morgan fingerprint density at radius 3 is 2.58 bits per heavy atom. The first kappa shape index (κ1) is 18.9. The van der Waals surface area contributed by atoms with Crippen LogP contribution in [-0.4, -0.2) is 41.7 Å². The Balaban J connectivity index is 1.25.